The number of nitrogens with zero attached hydrogens (tertiary/aromatic N) is 4. The second kappa shape index (κ2) is 11.0. The molecule has 3 aromatic carbocycles. The fourth-order valence-corrected chi connectivity index (χ4v) is 7.16. The van der Waals surface area contributed by atoms with Gasteiger partial charge in [-0.1, -0.05) is 65.9 Å². The topological polar surface area (TPSA) is 97.0 Å². The number of Topliss-reactive ketones (excluding diaryl/α,β-unsaturated/α-hetero) is 1. The third-order valence-corrected chi connectivity index (χ3v) is 9.20. The van der Waals surface area contributed by atoms with E-state index >= 15 is 0 Å². The molecule has 6 aromatic rings. The van der Waals surface area contributed by atoms with Gasteiger partial charge in [-0.2, -0.15) is 0 Å². The second-order valence-electron chi connectivity index (χ2n) is 11.4. The Kier molecular flexibility index (Phi) is 6.97. The highest BCUT2D eigenvalue weighted by Crippen LogP contribution is 2.45. The van der Waals surface area contributed by atoms with Crippen LogP contribution in [0.25, 0.3) is 21.6 Å². The standard InChI is InChI=1S/C36H30N4O4S/c1-20-16-22(3)29-27(17-20)45-36(38-29)40-31(25-13-8-14-26(18-25)44-19-24-11-6-5-7-12-24)28(33(42)35(40)43)32(41)30-23(4)39-15-9-10-21(2)34(39)37-30/h5-18,31,41H,19H2,1-4H3/b32-28+. The van der Waals surface area contributed by atoms with E-state index < -0.39 is 17.7 Å². The zero-order valence-corrected chi connectivity index (χ0v) is 26.1. The van der Waals surface area contributed by atoms with Crippen molar-refractivity contribution in [2.45, 2.75) is 40.3 Å². The third-order valence-electron chi connectivity index (χ3n) is 8.20. The Balaban J connectivity index is 1.40. The van der Waals surface area contributed by atoms with Gasteiger partial charge in [0.1, 0.15) is 23.7 Å². The number of aliphatic hydroxyl groups excluding tert-OH is 1. The first-order valence-corrected chi connectivity index (χ1v) is 15.4. The number of thiazole rings is 1. The number of pyridine rings is 1. The molecule has 0 saturated carbocycles. The molecule has 45 heavy (non-hydrogen) atoms. The smallest absolute Gasteiger partial charge is 0.301 e. The van der Waals surface area contributed by atoms with Crippen molar-refractivity contribution in [3.8, 4) is 5.75 Å². The van der Waals surface area contributed by atoms with Crippen LogP contribution in [0.5, 0.6) is 5.75 Å². The highest BCUT2D eigenvalue weighted by atomic mass is 32.1. The van der Waals surface area contributed by atoms with Gasteiger partial charge in [0, 0.05) is 6.20 Å². The highest BCUT2D eigenvalue weighted by molar-refractivity contribution is 7.22. The van der Waals surface area contributed by atoms with Crippen molar-refractivity contribution in [2.24, 2.45) is 0 Å². The molecule has 7 rings (SSSR count). The van der Waals surface area contributed by atoms with Gasteiger partial charge in [-0.3, -0.25) is 14.5 Å². The number of aliphatic hydroxyl groups is 1. The van der Waals surface area contributed by atoms with Crippen LogP contribution in [0.3, 0.4) is 0 Å². The first-order chi connectivity index (χ1) is 21.7. The molecular formula is C36H30N4O4S. The van der Waals surface area contributed by atoms with Gasteiger partial charge >= 0.3 is 5.91 Å². The number of hydrogen-bond donors (Lipinski definition) is 1. The number of benzene rings is 3. The Labute approximate surface area is 263 Å². The first-order valence-electron chi connectivity index (χ1n) is 14.6. The van der Waals surface area contributed by atoms with Gasteiger partial charge in [-0.05, 0) is 79.8 Å². The van der Waals surface area contributed by atoms with Gasteiger partial charge in [0.05, 0.1) is 27.5 Å². The van der Waals surface area contributed by atoms with E-state index in [1.54, 1.807) is 0 Å². The largest absolute Gasteiger partial charge is 0.505 e. The number of rotatable bonds is 6. The molecule has 9 heteroatoms. The van der Waals surface area contributed by atoms with E-state index in [2.05, 4.69) is 0 Å². The maximum Gasteiger partial charge on any atom is 0.301 e. The summed E-state index contributed by atoms with van der Waals surface area (Å²) in [4.78, 5) is 38.8. The fraction of sp³-hybridized carbons (Fsp3) is 0.167. The number of fused-ring (bicyclic) bond motifs is 2. The first kappa shape index (κ1) is 28.5. The Morgan fingerprint density at radius 3 is 2.49 bits per heavy atom. The molecule has 0 radical (unpaired) electrons. The molecule has 1 unspecified atom stereocenters. The van der Waals surface area contributed by atoms with Crippen molar-refractivity contribution < 1.29 is 19.4 Å². The van der Waals surface area contributed by atoms with Gasteiger partial charge in [-0.25, -0.2) is 9.97 Å². The van der Waals surface area contributed by atoms with E-state index in [4.69, 9.17) is 14.7 Å². The van der Waals surface area contributed by atoms with E-state index in [0.29, 0.717) is 34.4 Å². The molecule has 0 bridgehead atoms. The predicted molar refractivity (Wildman–Crippen MR) is 176 cm³/mol. The summed E-state index contributed by atoms with van der Waals surface area (Å²) >= 11 is 1.34. The van der Waals surface area contributed by atoms with Crippen LogP contribution in [0, 0.1) is 27.7 Å². The molecule has 224 valence electrons. The summed E-state index contributed by atoms with van der Waals surface area (Å²) in [6, 6.07) is 24.0. The summed E-state index contributed by atoms with van der Waals surface area (Å²) in [5.74, 6) is -1.32. The summed E-state index contributed by atoms with van der Waals surface area (Å²) in [7, 11) is 0. The van der Waals surface area contributed by atoms with Crippen LogP contribution in [-0.2, 0) is 16.2 Å². The van der Waals surface area contributed by atoms with Crippen molar-refractivity contribution in [2.75, 3.05) is 4.90 Å². The van der Waals surface area contributed by atoms with E-state index in [9.17, 15) is 14.7 Å². The van der Waals surface area contributed by atoms with Crippen LogP contribution in [-0.4, -0.2) is 31.2 Å². The Morgan fingerprint density at radius 1 is 0.911 bits per heavy atom. The zero-order chi connectivity index (χ0) is 31.4. The number of ketones is 1. The molecule has 1 saturated heterocycles. The van der Waals surface area contributed by atoms with Gasteiger partial charge in [0.25, 0.3) is 5.78 Å². The lowest BCUT2D eigenvalue weighted by atomic mass is 9.96. The van der Waals surface area contributed by atoms with E-state index in [0.717, 1.165) is 32.5 Å². The van der Waals surface area contributed by atoms with Gasteiger partial charge in [0.15, 0.2) is 10.9 Å². The monoisotopic (exact) mass is 614 g/mol. The molecule has 1 aliphatic rings. The van der Waals surface area contributed by atoms with Gasteiger partial charge < -0.3 is 14.2 Å². The van der Waals surface area contributed by atoms with Crippen molar-refractivity contribution in [1.82, 2.24) is 14.4 Å². The average molecular weight is 615 g/mol. The number of aromatic nitrogens is 3. The van der Waals surface area contributed by atoms with Crippen LogP contribution in [0.15, 0.2) is 90.6 Å². The number of amides is 1. The number of hydrogen-bond acceptors (Lipinski definition) is 7. The van der Waals surface area contributed by atoms with Crippen molar-refractivity contribution in [3.63, 3.8) is 0 Å². The van der Waals surface area contributed by atoms with Crippen LogP contribution in [0.2, 0.25) is 0 Å². The maximum atomic E-state index is 13.9. The van der Waals surface area contributed by atoms with Crippen molar-refractivity contribution >= 4 is 49.8 Å². The molecule has 4 heterocycles. The number of anilines is 1. The van der Waals surface area contributed by atoms with Crippen LogP contribution in [0.1, 0.15) is 45.2 Å². The second-order valence-corrected chi connectivity index (χ2v) is 12.4. The molecule has 8 nitrogen and oxygen atoms in total. The van der Waals surface area contributed by atoms with Crippen molar-refractivity contribution in [3.05, 3.63) is 130 Å². The molecule has 0 aliphatic carbocycles. The molecule has 1 atom stereocenters. The lowest BCUT2D eigenvalue weighted by Gasteiger charge is -2.23. The summed E-state index contributed by atoms with van der Waals surface area (Å²) < 4.78 is 8.90. The SMILES string of the molecule is Cc1cc(C)c2nc(N3C(=O)C(=O)/C(=C(/O)c4nc5c(C)cccn5c4C)C3c3cccc(OCc4ccccc4)c3)sc2c1. The average Bonchev–Trinajstić information content (AvgIpc) is 3.69. The lowest BCUT2D eigenvalue weighted by Crippen LogP contribution is -2.29. The maximum absolute atomic E-state index is 13.9. The summed E-state index contributed by atoms with van der Waals surface area (Å²) in [6.07, 6.45) is 1.86. The summed E-state index contributed by atoms with van der Waals surface area (Å²) in [6.45, 7) is 8.10. The van der Waals surface area contributed by atoms with Gasteiger partial charge in [0.2, 0.25) is 0 Å². The minimum atomic E-state index is -0.961. The molecule has 1 N–H and O–H groups in total. The summed E-state index contributed by atoms with van der Waals surface area (Å²) in [5, 5.41) is 12.3. The van der Waals surface area contributed by atoms with E-state index in [1.807, 2.05) is 117 Å². The Hall–Kier alpha value is -5.28. The molecule has 1 aliphatic heterocycles. The summed E-state index contributed by atoms with van der Waals surface area (Å²) in [5.41, 5.74) is 6.88. The number of carbonyl (C=O) groups is 2. The van der Waals surface area contributed by atoms with Crippen LogP contribution >= 0.6 is 11.3 Å². The molecule has 3 aromatic heterocycles. The highest BCUT2D eigenvalue weighted by Gasteiger charge is 2.48. The van der Waals surface area contributed by atoms with Crippen LogP contribution < -0.4 is 9.64 Å². The minimum absolute atomic E-state index is 0.0449. The number of imidazole rings is 1. The normalized spacial score (nSPS) is 16.3. The number of ether oxygens (including phenoxy) is 1. The lowest BCUT2D eigenvalue weighted by molar-refractivity contribution is -0.132. The van der Waals surface area contributed by atoms with E-state index in [-0.39, 0.29) is 17.0 Å². The zero-order valence-electron chi connectivity index (χ0n) is 25.2. The third kappa shape index (κ3) is 4.85. The Bertz CT molecular complexity index is 2180. The molecule has 1 fully saturated rings. The molecule has 1 amide bonds. The quantitative estimate of drug-likeness (QED) is 0.119. The van der Waals surface area contributed by atoms with Crippen molar-refractivity contribution in [1.29, 1.82) is 0 Å². The molecule has 0 spiro atoms. The van der Waals surface area contributed by atoms with Gasteiger partial charge in [-0.15, -0.1) is 0 Å². The predicted octanol–water partition coefficient (Wildman–Crippen LogP) is 7.38. The Morgan fingerprint density at radius 2 is 1.71 bits per heavy atom. The number of aryl methyl sites for hydroxylation is 4. The number of carbonyl (C=O) groups excluding carboxylic acids is 2. The molecular weight excluding hydrogens is 584 g/mol. The van der Waals surface area contributed by atoms with E-state index in [1.165, 1.54) is 16.2 Å². The van der Waals surface area contributed by atoms with Crippen LogP contribution in [0.4, 0.5) is 5.13 Å². The minimum Gasteiger partial charge on any atom is -0.505 e. The fourth-order valence-electron chi connectivity index (χ4n) is 6.00.